The normalized spacial score (nSPS) is 15.3. The summed E-state index contributed by atoms with van der Waals surface area (Å²) in [4.78, 5) is 0. The van der Waals surface area contributed by atoms with Gasteiger partial charge >= 0.3 is 0 Å². The molecule has 1 fully saturated rings. The van der Waals surface area contributed by atoms with Gasteiger partial charge in [-0.15, -0.1) is 0 Å². The molecule has 15 heavy (non-hydrogen) atoms. The van der Waals surface area contributed by atoms with Crippen LogP contribution in [0, 0.1) is 3.57 Å². The lowest BCUT2D eigenvalue weighted by molar-refractivity contribution is 0.308. The molecule has 0 aromatic heterocycles. The van der Waals surface area contributed by atoms with E-state index in [2.05, 4.69) is 40.0 Å². The van der Waals surface area contributed by atoms with Crippen molar-refractivity contribution in [3.63, 3.8) is 0 Å². The van der Waals surface area contributed by atoms with E-state index in [1.54, 1.807) is 0 Å². The molecular formula is C12H16INO. The molecule has 1 N–H and O–H groups in total. The van der Waals surface area contributed by atoms with E-state index < -0.39 is 0 Å². The summed E-state index contributed by atoms with van der Waals surface area (Å²) in [7, 11) is 0. The Morgan fingerprint density at radius 3 is 3.00 bits per heavy atom. The van der Waals surface area contributed by atoms with Gasteiger partial charge in [0.15, 0.2) is 0 Å². The fourth-order valence-electron chi connectivity index (χ4n) is 1.41. The monoisotopic (exact) mass is 317 g/mol. The lowest BCUT2D eigenvalue weighted by atomic mass is 10.3. The molecule has 1 aliphatic carbocycles. The highest BCUT2D eigenvalue weighted by atomic mass is 127. The van der Waals surface area contributed by atoms with Crippen LogP contribution in [-0.2, 0) is 0 Å². The highest BCUT2D eigenvalue weighted by molar-refractivity contribution is 14.1. The topological polar surface area (TPSA) is 21.3 Å². The van der Waals surface area contributed by atoms with E-state index in [0.717, 1.165) is 31.4 Å². The number of ether oxygens (including phenoxy) is 1. The molecule has 3 heteroatoms. The summed E-state index contributed by atoms with van der Waals surface area (Å²) >= 11 is 2.30. The number of nitrogens with one attached hydrogen (secondary N) is 1. The molecule has 0 atom stereocenters. The first kappa shape index (κ1) is 11.2. The van der Waals surface area contributed by atoms with E-state index in [9.17, 15) is 0 Å². The van der Waals surface area contributed by atoms with Gasteiger partial charge in [-0.2, -0.15) is 0 Å². The Morgan fingerprint density at radius 2 is 2.27 bits per heavy atom. The van der Waals surface area contributed by atoms with Crippen LogP contribution in [0.4, 0.5) is 0 Å². The second kappa shape index (κ2) is 5.70. The van der Waals surface area contributed by atoms with E-state index in [4.69, 9.17) is 4.74 Å². The standard InChI is InChI=1S/C12H16INO/c13-10-3-1-4-12(9-10)15-8-2-7-14-11-5-6-11/h1,3-4,9,11,14H,2,5-8H2. The van der Waals surface area contributed by atoms with Crippen LogP contribution >= 0.6 is 22.6 Å². The quantitative estimate of drug-likeness (QED) is 0.643. The Bertz CT molecular complexity index is 312. The summed E-state index contributed by atoms with van der Waals surface area (Å²) in [6.07, 6.45) is 3.80. The van der Waals surface area contributed by atoms with Crippen molar-refractivity contribution >= 4 is 22.6 Å². The van der Waals surface area contributed by atoms with Crippen LogP contribution in [0.1, 0.15) is 19.3 Å². The molecule has 1 aromatic carbocycles. The molecular weight excluding hydrogens is 301 g/mol. The Labute approximate surface area is 105 Å². The van der Waals surface area contributed by atoms with Crippen LogP contribution in [0.25, 0.3) is 0 Å². The number of halogens is 1. The third-order valence-electron chi connectivity index (χ3n) is 2.40. The number of hydrogen-bond acceptors (Lipinski definition) is 2. The van der Waals surface area contributed by atoms with Crippen LogP contribution in [0.5, 0.6) is 5.75 Å². The predicted octanol–water partition coefficient (Wildman–Crippen LogP) is 2.81. The zero-order valence-corrected chi connectivity index (χ0v) is 10.9. The van der Waals surface area contributed by atoms with Crippen LogP contribution in [0.15, 0.2) is 24.3 Å². The van der Waals surface area contributed by atoms with Crippen LogP contribution in [-0.4, -0.2) is 19.2 Å². The van der Waals surface area contributed by atoms with Crippen LogP contribution in [0.3, 0.4) is 0 Å². The Balaban J connectivity index is 1.60. The van der Waals surface area contributed by atoms with Crippen molar-refractivity contribution in [2.75, 3.05) is 13.2 Å². The van der Waals surface area contributed by atoms with Gasteiger partial charge in [0.05, 0.1) is 6.61 Å². The minimum Gasteiger partial charge on any atom is -0.494 e. The molecule has 0 bridgehead atoms. The lowest BCUT2D eigenvalue weighted by Crippen LogP contribution is -2.19. The van der Waals surface area contributed by atoms with Crippen molar-refractivity contribution < 1.29 is 4.74 Å². The summed E-state index contributed by atoms with van der Waals surface area (Å²) in [5, 5.41) is 3.47. The van der Waals surface area contributed by atoms with E-state index >= 15 is 0 Å². The zero-order valence-electron chi connectivity index (χ0n) is 8.71. The number of hydrogen-bond donors (Lipinski definition) is 1. The van der Waals surface area contributed by atoms with Gasteiger partial charge in [-0.1, -0.05) is 6.07 Å². The molecule has 0 aliphatic heterocycles. The molecule has 0 saturated heterocycles. The summed E-state index contributed by atoms with van der Waals surface area (Å²) in [6, 6.07) is 8.98. The predicted molar refractivity (Wildman–Crippen MR) is 70.3 cm³/mol. The molecule has 0 unspecified atom stereocenters. The second-order valence-electron chi connectivity index (χ2n) is 3.89. The fourth-order valence-corrected chi connectivity index (χ4v) is 1.93. The molecule has 1 aromatic rings. The average Bonchev–Trinajstić information content (AvgIpc) is 3.01. The molecule has 82 valence electrons. The van der Waals surface area contributed by atoms with Crippen molar-refractivity contribution in [3.8, 4) is 5.75 Å². The van der Waals surface area contributed by atoms with Crippen molar-refractivity contribution in [3.05, 3.63) is 27.8 Å². The third kappa shape index (κ3) is 4.38. The van der Waals surface area contributed by atoms with Gasteiger partial charge in [0.25, 0.3) is 0 Å². The fraction of sp³-hybridized carbons (Fsp3) is 0.500. The average molecular weight is 317 g/mol. The maximum absolute atomic E-state index is 5.64. The number of rotatable bonds is 6. The van der Waals surface area contributed by atoms with Crippen molar-refractivity contribution in [2.24, 2.45) is 0 Å². The van der Waals surface area contributed by atoms with Gasteiger partial charge in [0.1, 0.15) is 5.75 Å². The van der Waals surface area contributed by atoms with Gasteiger partial charge in [0.2, 0.25) is 0 Å². The van der Waals surface area contributed by atoms with E-state index in [0.29, 0.717) is 0 Å². The molecule has 2 rings (SSSR count). The van der Waals surface area contributed by atoms with Gasteiger partial charge < -0.3 is 10.1 Å². The Morgan fingerprint density at radius 1 is 1.40 bits per heavy atom. The van der Waals surface area contributed by atoms with Gasteiger partial charge in [-0.25, -0.2) is 0 Å². The largest absolute Gasteiger partial charge is 0.494 e. The van der Waals surface area contributed by atoms with E-state index in [1.165, 1.54) is 16.4 Å². The minimum absolute atomic E-state index is 0.805. The maximum Gasteiger partial charge on any atom is 0.120 e. The summed E-state index contributed by atoms with van der Waals surface area (Å²) in [5.41, 5.74) is 0. The lowest BCUT2D eigenvalue weighted by Gasteiger charge is -2.06. The molecule has 1 saturated carbocycles. The van der Waals surface area contributed by atoms with Crippen molar-refractivity contribution in [1.29, 1.82) is 0 Å². The van der Waals surface area contributed by atoms with Gasteiger partial charge in [-0.05, 0) is 66.6 Å². The van der Waals surface area contributed by atoms with Gasteiger partial charge in [0, 0.05) is 9.61 Å². The maximum atomic E-state index is 5.64. The first-order valence-corrected chi connectivity index (χ1v) is 6.54. The van der Waals surface area contributed by atoms with Crippen molar-refractivity contribution in [1.82, 2.24) is 5.32 Å². The summed E-state index contributed by atoms with van der Waals surface area (Å²) in [5.74, 6) is 0.980. The third-order valence-corrected chi connectivity index (χ3v) is 3.07. The highest BCUT2D eigenvalue weighted by Gasteiger charge is 2.19. The first-order valence-electron chi connectivity index (χ1n) is 5.46. The summed E-state index contributed by atoms with van der Waals surface area (Å²) in [6.45, 7) is 1.88. The highest BCUT2D eigenvalue weighted by Crippen LogP contribution is 2.18. The Hall–Kier alpha value is -0.290. The van der Waals surface area contributed by atoms with Gasteiger partial charge in [-0.3, -0.25) is 0 Å². The number of benzene rings is 1. The van der Waals surface area contributed by atoms with Crippen molar-refractivity contribution in [2.45, 2.75) is 25.3 Å². The molecule has 2 nitrogen and oxygen atoms in total. The molecule has 0 spiro atoms. The summed E-state index contributed by atoms with van der Waals surface area (Å²) < 4.78 is 6.87. The minimum atomic E-state index is 0.805. The smallest absolute Gasteiger partial charge is 0.120 e. The second-order valence-corrected chi connectivity index (χ2v) is 5.13. The Kier molecular flexibility index (Phi) is 4.26. The van der Waals surface area contributed by atoms with Crippen LogP contribution < -0.4 is 10.1 Å². The molecule has 1 aliphatic rings. The van der Waals surface area contributed by atoms with E-state index in [-0.39, 0.29) is 0 Å². The SMILES string of the molecule is Ic1cccc(OCCCNC2CC2)c1. The zero-order chi connectivity index (χ0) is 10.5. The first-order chi connectivity index (χ1) is 7.34. The molecule has 0 amide bonds. The van der Waals surface area contributed by atoms with Crippen LogP contribution in [0.2, 0.25) is 0 Å². The molecule has 0 radical (unpaired) electrons. The molecule has 0 heterocycles. The van der Waals surface area contributed by atoms with E-state index in [1.807, 2.05) is 12.1 Å².